The first kappa shape index (κ1) is 15.0. The van der Waals surface area contributed by atoms with E-state index in [1.807, 2.05) is 6.08 Å². The lowest BCUT2D eigenvalue weighted by Gasteiger charge is -2.48. The van der Waals surface area contributed by atoms with Gasteiger partial charge in [0.1, 0.15) is 5.78 Å². The highest BCUT2D eigenvalue weighted by molar-refractivity contribution is 5.87. The number of benzene rings is 1. The summed E-state index contributed by atoms with van der Waals surface area (Å²) in [5.41, 5.74) is 4.27. The number of fused-ring (bicyclic) bond motifs is 5. The summed E-state index contributed by atoms with van der Waals surface area (Å²) in [5.74, 6) is 2.54. The van der Waals surface area contributed by atoms with Gasteiger partial charge in [-0.3, -0.25) is 4.79 Å². The SMILES string of the molecule is COC=Cc1ccc2c(c1)CC[C@@H]1[C@@H]2CC[C@]2(C)C(=O)CC[C@@H]12. The highest BCUT2D eigenvalue weighted by Crippen LogP contribution is 2.59. The lowest BCUT2D eigenvalue weighted by Crippen LogP contribution is -2.42. The highest BCUT2D eigenvalue weighted by atomic mass is 16.5. The number of Topliss-reactive ketones (excluding diaryl/α,β-unsaturated/α-hetero) is 1. The summed E-state index contributed by atoms with van der Waals surface area (Å²) in [4.78, 5) is 12.4. The van der Waals surface area contributed by atoms with Crippen LogP contribution in [0.4, 0.5) is 0 Å². The summed E-state index contributed by atoms with van der Waals surface area (Å²) in [6.45, 7) is 2.25. The number of aryl methyl sites for hydroxylation is 1. The molecule has 4 rings (SSSR count). The van der Waals surface area contributed by atoms with Gasteiger partial charge in [-0.25, -0.2) is 0 Å². The van der Waals surface area contributed by atoms with Crippen molar-refractivity contribution in [3.8, 4) is 0 Å². The van der Waals surface area contributed by atoms with E-state index in [4.69, 9.17) is 4.74 Å². The molecule has 1 aromatic carbocycles. The van der Waals surface area contributed by atoms with E-state index in [0.717, 1.165) is 25.7 Å². The molecule has 0 bridgehead atoms. The second-order valence-corrected chi connectivity index (χ2v) is 7.83. The molecule has 0 heterocycles. The van der Waals surface area contributed by atoms with Crippen LogP contribution < -0.4 is 0 Å². The normalized spacial score (nSPS) is 35.7. The van der Waals surface area contributed by atoms with Crippen molar-refractivity contribution >= 4 is 11.9 Å². The Hall–Kier alpha value is -1.57. The number of methoxy groups -OCH3 is 1. The van der Waals surface area contributed by atoms with E-state index in [0.29, 0.717) is 23.5 Å². The van der Waals surface area contributed by atoms with Crippen molar-refractivity contribution in [3.63, 3.8) is 0 Å². The van der Waals surface area contributed by atoms with E-state index in [1.165, 1.54) is 24.0 Å². The topological polar surface area (TPSA) is 26.3 Å². The minimum Gasteiger partial charge on any atom is -0.504 e. The van der Waals surface area contributed by atoms with Gasteiger partial charge in [0.15, 0.2) is 0 Å². The molecule has 0 radical (unpaired) electrons. The minimum absolute atomic E-state index is 0.0141. The molecule has 0 aromatic heterocycles. The Kier molecular flexibility index (Phi) is 3.59. The standard InChI is InChI=1S/C21H26O2/c1-21-11-9-17-16-5-3-14(10-12-23-2)13-15(16)4-6-18(17)19(21)7-8-20(21)22/h3,5,10,12-13,17-19H,4,6-9,11H2,1-2H3/t17-,18-,19+,21+/m1/s1. The molecule has 0 N–H and O–H groups in total. The Bertz CT molecular complexity index is 660. The van der Waals surface area contributed by atoms with E-state index in [-0.39, 0.29) is 5.41 Å². The van der Waals surface area contributed by atoms with Crippen LogP contribution in [0.15, 0.2) is 24.5 Å². The Balaban J connectivity index is 1.65. The van der Waals surface area contributed by atoms with Gasteiger partial charge in [0.25, 0.3) is 0 Å². The first-order valence-electron chi connectivity index (χ1n) is 8.99. The molecule has 23 heavy (non-hydrogen) atoms. The van der Waals surface area contributed by atoms with Gasteiger partial charge in [-0.1, -0.05) is 25.1 Å². The fourth-order valence-electron chi connectivity index (χ4n) is 5.62. The number of hydrogen-bond donors (Lipinski definition) is 0. The van der Waals surface area contributed by atoms with Crippen LogP contribution in [0.3, 0.4) is 0 Å². The van der Waals surface area contributed by atoms with E-state index >= 15 is 0 Å². The molecule has 4 atom stereocenters. The molecule has 2 heteroatoms. The van der Waals surface area contributed by atoms with Gasteiger partial charge < -0.3 is 4.74 Å². The zero-order chi connectivity index (χ0) is 16.0. The first-order valence-corrected chi connectivity index (χ1v) is 8.99. The number of ketones is 1. The fourth-order valence-corrected chi connectivity index (χ4v) is 5.62. The molecule has 1 aromatic rings. The maximum Gasteiger partial charge on any atom is 0.139 e. The molecule has 2 nitrogen and oxygen atoms in total. The molecule has 3 aliphatic rings. The zero-order valence-corrected chi connectivity index (χ0v) is 14.2. The number of carbonyl (C=O) groups excluding carboxylic acids is 1. The quantitative estimate of drug-likeness (QED) is 0.738. The maximum absolute atomic E-state index is 12.4. The van der Waals surface area contributed by atoms with Crippen molar-refractivity contribution in [2.75, 3.05) is 7.11 Å². The largest absolute Gasteiger partial charge is 0.504 e. The monoisotopic (exact) mass is 310 g/mol. The smallest absolute Gasteiger partial charge is 0.139 e. The molecule has 0 unspecified atom stereocenters. The van der Waals surface area contributed by atoms with Crippen LogP contribution in [-0.4, -0.2) is 12.9 Å². The second kappa shape index (κ2) is 5.51. The summed E-state index contributed by atoms with van der Waals surface area (Å²) in [6.07, 6.45) is 10.4. The minimum atomic E-state index is -0.0141. The Morgan fingerprint density at radius 2 is 2.09 bits per heavy atom. The van der Waals surface area contributed by atoms with Crippen molar-refractivity contribution in [1.82, 2.24) is 0 Å². The predicted octanol–water partition coefficient (Wildman–Crippen LogP) is 4.73. The Morgan fingerprint density at radius 1 is 1.22 bits per heavy atom. The van der Waals surface area contributed by atoms with Crippen molar-refractivity contribution in [3.05, 3.63) is 41.2 Å². The van der Waals surface area contributed by atoms with Gasteiger partial charge in [0, 0.05) is 11.8 Å². The van der Waals surface area contributed by atoms with E-state index in [2.05, 4.69) is 25.1 Å². The average Bonchev–Trinajstić information content (AvgIpc) is 2.88. The summed E-state index contributed by atoms with van der Waals surface area (Å²) in [5, 5.41) is 0. The van der Waals surface area contributed by atoms with E-state index < -0.39 is 0 Å². The third-order valence-electron chi connectivity index (χ3n) is 6.86. The van der Waals surface area contributed by atoms with Crippen molar-refractivity contribution in [2.45, 2.75) is 51.4 Å². The zero-order valence-electron chi connectivity index (χ0n) is 14.2. The molecule has 2 saturated carbocycles. The maximum atomic E-state index is 12.4. The molecule has 122 valence electrons. The third-order valence-corrected chi connectivity index (χ3v) is 6.86. The van der Waals surface area contributed by atoms with Crippen molar-refractivity contribution in [1.29, 1.82) is 0 Å². The fraction of sp³-hybridized carbons (Fsp3) is 0.571. The van der Waals surface area contributed by atoms with Crippen LogP contribution in [0.1, 0.15) is 61.6 Å². The van der Waals surface area contributed by atoms with E-state index in [9.17, 15) is 4.79 Å². The lowest BCUT2D eigenvalue weighted by atomic mass is 9.55. The summed E-state index contributed by atoms with van der Waals surface area (Å²) < 4.78 is 5.03. The van der Waals surface area contributed by atoms with Crippen LogP contribution >= 0.6 is 0 Å². The molecular weight excluding hydrogens is 284 g/mol. The molecule has 0 saturated heterocycles. The van der Waals surface area contributed by atoms with Gasteiger partial charge >= 0.3 is 0 Å². The molecule has 0 amide bonds. The molecule has 3 aliphatic carbocycles. The van der Waals surface area contributed by atoms with Crippen molar-refractivity contribution < 1.29 is 9.53 Å². The first-order chi connectivity index (χ1) is 11.1. The molecular formula is C21H26O2. The Morgan fingerprint density at radius 3 is 2.91 bits per heavy atom. The van der Waals surface area contributed by atoms with Gasteiger partial charge in [-0.2, -0.15) is 0 Å². The van der Waals surface area contributed by atoms with Crippen molar-refractivity contribution in [2.24, 2.45) is 17.3 Å². The van der Waals surface area contributed by atoms with Crippen LogP contribution in [0, 0.1) is 17.3 Å². The Labute approximate surface area is 138 Å². The van der Waals surface area contributed by atoms with Gasteiger partial charge in [-0.15, -0.1) is 0 Å². The molecule has 2 fully saturated rings. The van der Waals surface area contributed by atoms with Crippen LogP contribution in [0.25, 0.3) is 6.08 Å². The molecule has 0 spiro atoms. The second-order valence-electron chi connectivity index (χ2n) is 7.83. The van der Waals surface area contributed by atoms with Gasteiger partial charge in [0.05, 0.1) is 13.4 Å². The predicted molar refractivity (Wildman–Crippen MR) is 92.1 cm³/mol. The number of ether oxygens (including phenoxy) is 1. The lowest BCUT2D eigenvalue weighted by molar-refractivity contribution is -0.129. The summed E-state index contributed by atoms with van der Waals surface area (Å²) in [6, 6.07) is 6.87. The summed E-state index contributed by atoms with van der Waals surface area (Å²) >= 11 is 0. The van der Waals surface area contributed by atoms with E-state index in [1.54, 1.807) is 18.9 Å². The number of rotatable bonds is 2. The average molecular weight is 310 g/mol. The van der Waals surface area contributed by atoms with Crippen LogP contribution in [0.2, 0.25) is 0 Å². The molecule has 0 aliphatic heterocycles. The van der Waals surface area contributed by atoms with Gasteiger partial charge in [-0.05, 0) is 72.6 Å². The van der Waals surface area contributed by atoms with Crippen LogP contribution in [-0.2, 0) is 16.0 Å². The number of hydrogen-bond acceptors (Lipinski definition) is 2. The van der Waals surface area contributed by atoms with Gasteiger partial charge in [0.2, 0.25) is 0 Å². The number of carbonyl (C=O) groups is 1. The third kappa shape index (κ3) is 2.26. The van der Waals surface area contributed by atoms with Crippen LogP contribution in [0.5, 0.6) is 0 Å². The summed E-state index contributed by atoms with van der Waals surface area (Å²) in [7, 11) is 1.68. The highest BCUT2D eigenvalue weighted by Gasteiger charge is 2.54.